The number of nitrogens with one attached hydrogen (secondary N) is 1. The monoisotopic (exact) mass is 284 g/mol. The molecule has 1 N–H and O–H groups in total. The summed E-state index contributed by atoms with van der Waals surface area (Å²) in [7, 11) is 0. The number of hydrogen-bond acceptors (Lipinski definition) is 3. The molecule has 1 aliphatic heterocycles. The Morgan fingerprint density at radius 2 is 1.62 bits per heavy atom. The van der Waals surface area contributed by atoms with Crippen LogP contribution in [-0.2, 0) is 9.59 Å². The standard InChI is InChI=1S/C17H20N2O2/c20-15-10-14(18-16(11-6-7-11)12-8-9-12)17(21)19(15)13-4-2-1-3-5-13/h1-5,11-12,14,16,18H,6-10H2. The second kappa shape index (κ2) is 4.95. The largest absolute Gasteiger partial charge is 0.302 e. The second-order valence-corrected chi connectivity index (χ2v) is 6.53. The maximum Gasteiger partial charge on any atom is 0.251 e. The van der Waals surface area contributed by atoms with Crippen LogP contribution in [0.1, 0.15) is 32.1 Å². The zero-order valence-corrected chi connectivity index (χ0v) is 12.0. The van der Waals surface area contributed by atoms with Gasteiger partial charge in [0.25, 0.3) is 5.91 Å². The van der Waals surface area contributed by atoms with Gasteiger partial charge in [0.15, 0.2) is 0 Å². The highest BCUT2D eigenvalue weighted by atomic mass is 16.2. The molecule has 2 amide bonds. The zero-order chi connectivity index (χ0) is 14.4. The summed E-state index contributed by atoms with van der Waals surface area (Å²) in [5.74, 6) is 1.28. The first-order valence-electron chi connectivity index (χ1n) is 7.92. The molecule has 1 aromatic carbocycles. The molecule has 4 rings (SSSR count). The maximum atomic E-state index is 12.6. The average Bonchev–Trinajstić information content (AvgIpc) is 3.38. The van der Waals surface area contributed by atoms with Crippen molar-refractivity contribution in [3.63, 3.8) is 0 Å². The Bertz CT molecular complexity index is 551. The van der Waals surface area contributed by atoms with Crippen LogP contribution in [0.3, 0.4) is 0 Å². The fourth-order valence-corrected chi connectivity index (χ4v) is 3.41. The molecule has 3 fully saturated rings. The van der Waals surface area contributed by atoms with Crippen LogP contribution in [0.5, 0.6) is 0 Å². The number of amides is 2. The number of carbonyl (C=O) groups excluding carboxylic acids is 2. The lowest BCUT2D eigenvalue weighted by molar-refractivity contribution is -0.121. The number of carbonyl (C=O) groups is 2. The van der Waals surface area contributed by atoms with E-state index < -0.39 is 0 Å². The number of nitrogens with zero attached hydrogens (tertiary/aromatic N) is 1. The third-order valence-electron chi connectivity index (χ3n) is 4.81. The predicted octanol–water partition coefficient (Wildman–Crippen LogP) is 2.10. The molecule has 0 spiro atoms. The summed E-state index contributed by atoms with van der Waals surface area (Å²) >= 11 is 0. The SMILES string of the molecule is O=C1CC(NC(C2CC2)C2CC2)C(=O)N1c1ccccc1. The third-order valence-corrected chi connectivity index (χ3v) is 4.81. The molecule has 2 aliphatic carbocycles. The molecule has 21 heavy (non-hydrogen) atoms. The molecule has 2 saturated carbocycles. The van der Waals surface area contributed by atoms with Crippen LogP contribution >= 0.6 is 0 Å². The van der Waals surface area contributed by atoms with Gasteiger partial charge in [0, 0.05) is 6.04 Å². The topological polar surface area (TPSA) is 49.4 Å². The van der Waals surface area contributed by atoms with Crippen molar-refractivity contribution in [1.82, 2.24) is 5.32 Å². The van der Waals surface area contributed by atoms with Crippen molar-refractivity contribution in [2.75, 3.05) is 4.90 Å². The molecule has 1 aromatic rings. The Morgan fingerprint density at radius 1 is 1.00 bits per heavy atom. The molecule has 0 bridgehead atoms. The van der Waals surface area contributed by atoms with E-state index in [0.29, 0.717) is 18.2 Å². The maximum absolute atomic E-state index is 12.6. The molecule has 1 atom stereocenters. The smallest absolute Gasteiger partial charge is 0.251 e. The first kappa shape index (κ1) is 13.0. The van der Waals surface area contributed by atoms with Gasteiger partial charge in [0.05, 0.1) is 18.2 Å². The predicted molar refractivity (Wildman–Crippen MR) is 79.7 cm³/mol. The van der Waals surface area contributed by atoms with E-state index in [4.69, 9.17) is 0 Å². The number of rotatable bonds is 5. The summed E-state index contributed by atoms with van der Waals surface area (Å²) in [5.41, 5.74) is 0.686. The molecule has 1 saturated heterocycles. The van der Waals surface area contributed by atoms with Crippen LogP contribution in [-0.4, -0.2) is 23.9 Å². The van der Waals surface area contributed by atoms with Gasteiger partial charge in [-0.2, -0.15) is 0 Å². The number of hydrogen-bond donors (Lipinski definition) is 1. The average molecular weight is 284 g/mol. The van der Waals surface area contributed by atoms with Gasteiger partial charge in [-0.3, -0.25) is 9.59 Å². The number of benzene rings is 1. The summed E-state index contributed by atoms with van der Waals surface area (Å²) in [4.78, 5) is 26.1. The molecule has 4 nitrogen and oxygen atoms in total. The Morgan fingerprint density at radius 3 is 2.19 bits per heavy atom. The fraction of sp³-hybridized carbons (Fsp3) is 0.529. The Hall–Kier alpha value is -1.68. The minimum Gasteiger partial charge on any atom is -0.302 e. The highest BCUT2D eigenvalue weighted by molar-refractivity contribution is 6.22. The Balaban J connectivity index is 1.50. The van der Waals surface area contributed by atoms with Crippen LogP contribution in [0.15, 0.2) is 30.3 Å². The van der Waals surface area contributed by atoms with Gasteiger partial charge in [-0.15, -0.1) is 0 Å². The van der Waals surface area contributed by atoms with E-state index in [1.165, 1.54) is 30.6 Å². The van der Waals surface area contributed by atoms with E-state index in [-0.39, 0.29) is 17.9 Å². The number of anilines is 1. The number of para-hydroxylation sites is 1. The normalized spacial score (nSPS) is 26.0. The van der Waals surface area contributed by atoms with Crippen molar-refractivity contribution in [1.29, 1.82) is 0 Å². The van der Waals surface area contributed by atoms with E-state index in [0.717, 1.165) is 11.8 Å². The molecule has 1 heterocycles. The van der Waals surface area contributed by atoms with E-state index >= 15 is 0 Å². The summed E-state index contributed by atoms with van der Waals surface area (Å²) in [6.07, 6.45) is 5.37. The van der Waals surface area contributed by atoms with Gasteiger partial charge in [0.1, 0.15) is 0 Å². The van der Waals surface area contributed by atoms with Crippen LogP contribution in [0.2, 0.25) is 0 Å². The van der Waals surface area contributed by atoms with E-state index in [9.17, 15) is 9.59 Å². The number of imide groups is 1. The van der Waals surface area contributed by atoms with Crippen molar-refractivity contribution < 1.29 is 9.59 Å². The van der Waals surface area contributed by atoms with Gasteiger partial charge < -0.3 is 5.32 Å². The molecule has 110 valence electrons. The van der Waals surface area contributed by atoms with Gasteiger partial charge in [0.2, 0.25) is 5.91 Å². The molecule has 1 unspecified atom stereocenters. The third kappa shape index (κ3) is 2.48. The Kier molecular flexibility index (Phi) is 3.07. The van der Waals surface area contributed by atoms with Crippen molar-refractivity contribution in [2.24, 2.45) is 11.8 Å². The molecular formula is C17H20N2O2. The van der Waals surface area contributed by atoms with Gasteiger partial charge in [-0.05, 0) is 49.7 Å². The summed E-state index contributed by atoms with van der Waals surface area (Å²) in [6.45, 7) is 0. The molecule has 0 aromatic heterocycles. The highest BCUT2D eigenvalue weighted by Crippen LogP contribution is 2.45. The van der Waals surface area contributed by atoms with Crippen molar-refractivity contribution in [2.45, 2.75) is 44.2 Å². The molecular weight excluding hydrogens is 264 g/mol. The van der Waals surface area contributed by atoms with Gasteiger partial charge >= 0.3 is 0 Å². The lowest BCUT2D eigenvalue weighted by atomic mass is 10.1. The highest BCUT2D eigenvalue weighted by Gasteiger charge is 2.46. The van der Waals surface area contributed by atoms with Crippen LogP contribution in [0.25, 0.3) is 0 Å². The summed E-state index contributed by atoms with van der Waals surface area (Å²) in [5, 5.41) is 3.51. The van der Waals surface area contributed by atoms with Gasteiger partial charge in [-0.25, -0.2) is 4.90 Å². The van der Waals surface area contributed by atoms with Crippen molar-refractivity contribution in [3.05, 3.63) is 30.3 Å². The summed E-state index contributed by atoms with van der Waals surface area (Å²) in [6, 6.07) is 9.35. The van der Waals surface area contributed by atoms with E-state index in [1.54, 1.807) is 0 Å². The first-order chi connectivity index (χ1) is 10.2. The fourth-order valence-electron chi connectivity index (χ4n) is 3.41. The minimum atomic E-state index is -0.330. The van der Waals surface area contributed by atoms with Crippen LogP contribution in [0, 0.1) is 11.8 Å². The van der Waals surface area contributed by atoms with E-state index in [1.807, 2.05) is 30.3 Å². The Labute approximate surface area is 124 Å². The van der Waals surface area contributed by atoms with E-state index in [2.05, 4.69) is 5.32 Å². The molecule has 0 radical (unpaired) electrons. The quantitative estimate of drug-likeness (QED) is 0.842. The van der Waals surface area contributed by atoms with Crippen LogP contribution in [0.4, 0.5) is 5.69 Å². The van der Waals surface area contributed by atoms with Crippen molar-refractivity contribution in [3.8, 4) is 0 Å². The molecule has 4 heteroatoms. The van der Waals surface area contributed by atoms with Gasteiger partial charge in [-0.1, -0.05) is 18.2 Å². The second-order valence-electron chi connectivity index (χ2n) is 6.53. The first-order valence-corrected chi connectivity index (χ1v) is 7.92. The minimum absolute atomic E-state index is 0.0856. The lowest BCUT2D eigenvalue weighted by Crippen LogP contribution is -2.45. The van der Waals surface area contributed by atoms with Crippen molar-refractivity contribution >= 4 is 17.5 Å². The molecule has 3 aliphatic rings. The zero-order valence-electron chi connectivity index (χ0n) is 12.0. The summed E-state index contributed by atoms with van der Waals surface area (Å²) < 4.78 is 0. The lowest BCUT2D eigenvalue weighted by Gasteiger charge is -2.22. The van der Waals surface area contributed by atoms with Crippen LogP contribution < -0.4 is 10.2 Å².